The maximum atomic E-state index is 7.43. The van der Waals surface area contributed by atoms with Crippen LogP contribution in [-0.2, 0) is 0 Å². The van der Waals surface area contributed by atoms with Gasteiger partial charge in [0, 0.05) is 16.2 Å². The molecule has 1 aliphatic rings. The second-order valence-corrected chi connectivity index (χ2v) is 2.94. The Morgan fingerprint density at radius 1 is 1.64 bits per heavy atom. The molecule has 2 heteroatoms. The number of thiol groups is 1. The van der Waals surface area contributed by atoms with Gasteiger partial charge in [-0.2, -0.15) is 0 Å². The van der Waals surface area contributed by atoms with E-state index in [4.69, 9.17) is 5.41 Å². The molecule has 1 nitrogen and oxygen atoms in total. The highest BCUT2D eigenvalue weighted by atomic mass is 32.1. The Labute approximate surface area is 72.4 Å². The Morgan fingerprint density at radius 2 is 2.36 bits per heavy atom. The van der Waals surface area contributed by atoms with E-state index in [2.05, 4.69) is 12.6 Å². The summed E-state index contributed by atoms with van der Waals surface area (Å²) in [4.78, 5) is 0.881. The van der Waals surface area contributed by atoms with Gasteiger partial charge in [-0.05, 0) is 19.4 Å². The van der Waals surface area contributed by atoms with Gasteiger partial charge in [0.15, 0.2) is 0 Å². The van der Waals surface area contributed by atoms with E-state index >= 15 is 0 Å². The van der Waals surface area contributed by atoms with Crippen LogP contribution in [0.15, 0.2) is 34.8 Å². The Kier molecular flexibility index (Phi) is 2.71. The van der Waals surface area contributed by atoms with Crippen molar-refractivity contribution >= 4 is 18.3 Å². The van der Waals surface area contributed by atoms with Gasteiger partial charge in [0.1, 0.15) is 0 Å². The summed E-state index contributed by atoms with van der Waals surface area (Å²) in [6, 6.07) is 0. The van der Waals surface area contributed by atoms with E-state index in [-0.39, 0.29) is 0 Å². The van der Waals surface area contributed by atoms with Gasteiger partial charge in [-0.15, -0.1) is 12.6 Å². The van der Waals surface area contributed by atoms with Gasteiger partial charge in [-0.1, -0.05) is 18.2 Å². The van der Waals surface area contributed by atoms with Crippen molar-refractivity contribution in [3.05, 3.63) is 34.8 Å². The summed E-state index contributed by atoms with van der Waals surface area (Å²) in [5, 5.41) is 7.43. The standard InChI is InChI=1S/C9H11NS/c1-7(10)8-5-3-2-4-6-9(8)11/h2,4-6,10-11H,3H2,1H3. The molecule has 1 aliphatic carbocycles. The minimum absolute atomic E-state index is 0.579. The predicted molar refractivity (Wildman–Crippen MR) is 52.3 cm³/mol. The molecule has 0 heterocycles. The molecule has 1 rings (SSSR count). The zero-order chi connectivity index (χ0) is 8.27. The van der Waals surface area contributed by atoms with Crippen LogP contribution in [-0.4, -0.2) is 5.71 Å². The Bertz CT molecular complexity index is 259. The van der Waals surface area contributed by atoms with E-state index in [1.54, 1.807) is 6.92 Å². The van der Waals surface area contributed by atoms with Gasteiger partial charge in [0.25, 0.3) is 0 Å². The molecule has 0 saturated heterocycles. The first-order chi connectivity index (χ1) is 5.22. The lowest BCUT2D eigenvalue weighted by atomic mass is 10.1. The average Bonchev–Trinajstić information content (AvgIpc) is 2.13. The first-order valence-corrected chi connectivity index (χ1v) is 3.98. The molecule has 0 aromatic carbocycles. The average molecular weight is 165 g/mol. The van der Waals surface area contributed by atoms with Gasteiger partial charge in [0.05, 0.1) is 0 Å². The molecule has 0 amide bonds. The molecule has 0 spiro atoms. The van der Waals surface area contributed by atoms with Crippen LogP contribution in [0, 0.1) is 5.41 Å². The van der Waals surface area contributed by atoms with Crippen LogP contribution in [0.2, 0.25) is 0 Å². The first kappa shape index (κ1) is 8.34. The van der Waals surface area contributed by atoms with Crippen LogP contribution in [0.25, 0.3) is 0 Å². The molecule has 0 saturated carbocycles. The largest absolute Gasteiger partial charge is 0.305 e. The van der Waals surface area contributed by atoms with Crippen molar-refractivity contribution in [2.24, 2.45) is 0 Å². The number of nitrogens with one attached hydrogen (secondary N) is 1. The van der Waals surface area contributed by atoms with Crippen LogP contribution in [0.1, 0.15) is 13.3 Å². The molecular formula is C9H11NS. The summed E-state index contributed by atoms with van der Waals surface area (Å²) in [6.45, 7) is 1.78. The van der Waals surface area contributed by atoms with Gasteiger partial charge in [-0.3, -0.25) is 0 Å². The lowest BCUT2D eigenvalue weighted by molar-refractivity contribution is 1.37. The molecule has 11 heavy (non-hydrogen) atoms. The van der Waals surface area contributed by atoms with E-state index in [1.165, 1.54) is 0 Å². The van der Waals surface area contributed by atoms with E-state index in [0.29, 0.717) is 5.71 Å². The van der Waals surface area contributed by atoms with E-state index in [1.807, 2.05) is 24.3 Å². The summed E-state index contributed by atoms with van der Waals surface area (Å²) in [5.74, 6) is 0. The second kappa shape index (κ2) is 3.58. The summed E-state index contributed by atoms with van der Waals surface area (Å²) < 4.78 is 0. The molecule has 0 aliphatic heterocycles. The summed E-state index contributed by atoms with van der Waals surface area (Å²) in [6.07, 6.45) is 8.84. The number of allylic oxidation sites excluding steroid dienone is 5. The maximum absolute atomic E-state index is 7.43. The van der Waals surface area contributed by atoms with Crippen molar-refractivity contribution < 1.29 is 0 Å². The zero-order valence-electron chi connectivity index (χ0n) is 6.46. The lowest BCUT2D eigenvalue weighted by Gasteiger charge is -2.01. The van der Waals surface area contributed by atoms with Crippen molar-refractivity contribution in [2.45, 2.75) is 13.3 Å². The molecule has 0 bridgehead atoms. The normalized spacial score (nSPS) is 16.9. The summed E-state index contributed by atoms with van der Waals surface area (Å²) in [5.41, 5.74) is 1.52. The van der Waals surface area contributed by atoms with Crippen molar-refractivity contribution in [3.63, 3.8) is 0 Å². The zero-order valence-corrected chi connectivity index (χ0v) is 7.36. The van der Waals surface area contributed by atoms with Crippen LogP contribution in [0.5, 0.6) is 0 Å². The van der Waals surface area contributed by atoms with Gasteiger partial charge >= 0.3 is 0 Å². The fourth-order valence-electron chi connectivity index (χ4n) is 0.963. The highest BCUT2D eigenvalue weighted by Crippen LogP contribution is 2.18. The van der Waals surface area contributed by atoms with E-state index in [0.717, 1.165) is 16.9 Å². The minimum Gasteiger partial charge on any atom is -0.305 e. The molecule has 0 unspecified atom stereocenters. The van der Waals surface area contributed by atoms with Gasteiger partial charge in [0.2, 0.25) is 0 Å². The van der Waals surface area contributed by atoms with E-state index in [9.17, 15) is 0 Å². The quantitative estimate of drug-likeness (QED) is 0.441. The second-order valence-electron chi connectivity index (χ2n) is 2.46. The van der Waals surface area contributed by atoms with Crippen LogP contribution in [0.3, 0.4) is 0 Å². The smallest absolute Gasteiger partial charge is 0.0363 e. The van der Waals surface area contributed by atoms with E-state index < -0.39 is 0 Å². The molecule has 0 fully saturated rings. The van der Waals surface area contributed by atoms with Gasteiger partial charge in [-0.25, -0.2) is 0 Å². The monoisotopic (exact) mass is 165 g/mol. The maximum Gasteiger partial charge on any atom is 0.0363 e. The van der Waals surface area contributed by atoms with Crippen molar-refractivity contribution in [3.8, 4) is 0 Å². The Morgan fingerprint density at radius 3 is 3.00 bits per heavy atom. The predicted octanol–water partition coefficient (Wildman–Crippen LogP) is 2.73. The Balaban J connectivity index is 2.95. The van der Waals surface area contributed by atoms with Crippen LogP contribution >= 0.6 is 12.6 Å². The molecule has 0 atom stereocenters. The molecule has 0 aromatic heterocycles. The number of hydrogen-bond acceptors (Lipinski definition) is 2. The third kappa shape index (κ3) is 2.09. The molecule has 1 N–H and O–H groups in total. The summed E-state index contributed by atoms with van der Waals surface area (Å²) in [7, 11) is 0. The number of rotatable bonds is 1. The highest BCUT2D eigenvalue weighted by molar-refractivity contribution is 7.84. The fraction of sp³-hybridized carbons (Fsp3) is 0.222. The SMILES string of the molecule is CC(=N)C1=CCC=CC=C1S. The number of hydrogen-bond donors (Lipinski definition) is 2. The Hall–Kier alpha value is -0.760. The molecule has 0 aromatic rings. The minimum atomic E-state index is 0.579. The van der Waals surface area contributed by atoms with Gasteiger partial charge < -0.3 is 5.41 Å². The summed E-state index contributed by atoms with van der Waals surface area (Å²) >= 11 is 4.27. The van der Waals surface area contributed by atoms with Crippen LogP contribution < -0.4 is 0 Å². The van der Waals surface area contributed by atoms with Crippen molar-refractivity contribution in [1.82, 2.24) is 0 Å². The molecular weight excluding hydrogens is 154 g/mol. The third-order valence-corrected chi connectivity index (χ3v) is 1.92. The van der Waals surface area contributed by atoms with Crippen LogP contribution in [0.4, 0.5) is 0 Å². The highest BCUT2D eigenvalue weighted by Gasteiger charge is 2.02. The topological polar surface area (TPSA) is 23.9 Å². The first-order valence-electron chi connectivity index (χ1n) is 3.53. The third-order valence-electron chi connectivity index (χ3n) is 1.53. The van der Waals surface area contributed by atoms with Crippen molar-refractivity contribution in [2.75, 3.05) is 0 Å². The van der Waals surface area contributed by atoms with Crippen molar-refractivity contribution in [1.29, 1.82) is 5.41 Å². The lowest BCUT2D eigenvalue weighted by Crippen LogP contribution is -1.94. The molecule has 58 valence electrons. The molecule has 0 radical (unpaired) electrons. The fourth-order valence-corrected chi connectivity index (χ4v) is 1.31.